The number of anilines is 1. The van der Waals surface area contributed by atoms with E-state index in [4.69, 9.17) is 0 Å². The number of imidazole rings is 1. The van der Waals surface area contributed by atoms with Crippen molar-refractivity contribution >= 4 is 11.6 Å². The van der Waals surface area contributed by atoms with Crippen molar-refractivity contribution in [3.05, 3.63) is 48.0 Å². The predicted octanol–water partition coefficient (Wildman–Crippen LogP) is 3.08. The molecule has 8 heteroatoms. The highest BCUT2D eigenvalue weighted by atomic mass is 19.4. The molecule has 0 aliphatic heterocycles. The van der Waals surface area contributed by atoms with Crippen LogP contribution >= 0.6 is 0 Å². The molecule has 1 amide bonds. The number of hydrogen-bond donors (Lipinski definition) is 1. The molecule has 0 saturated heterocycles. The molecule has 136 valence electrons. The number of halogens is 3. The van der Waals surface area contributed by atoms with Gasteiger partial charge in [0.15, 0.2) is 0 Å². The van der Waals surface area contributed by atoms with Gasteiger partial charge < -0.3 is 9.88 Å². The van der Waals surface area contributed by atoms with Crippen LogP contribution in [0.4, 0.5) is 18.9 Å². The fraction of sp³-hybridized carbons (Fsp3) is 0.412. The SMILES string of the molecule is CCc1ccccc1NC(=O)CN(C)Cc1nccn1CC(F)(F)F. The molecule has 1 N–H and O–H groups in total. The van der Waals surface area contributed by atoms with Crippen LogP contribution in [-0.2, 0) is 24.3 Å². The third kappa shape index (κ3) is 5.90. The number of amides is 1. The van der Waals surface area contributed by atoms with E-state index in [9.17, 15) is 18.0 Å². The fourth-order valence-corrected chi connectivity index (χ4v) is 2.51. The molecule has 0 aliphatic carbocycles. The van der Waals surface area contributed by atoms with Crippen LogP contribution in [0.15, 0.2) is 36.7 Å². The molecule has 0 atom stereocenters. The summed E-state index contributed by atoms with van der Waals surface area (Å²) in [4.78, 5) is 17.7. The normalized spacial score (nSPS) is 11.8. The first-order valence-corrected chi connectivity index (χ1v) is 7.91. The average Bonchev–Trinajstić information content (AvgIpc) is 2.92. The largest absolute Gasteiger partial charge is 0.406 e. The molecule has 2 rings (SSSR count). The van der Waals surface area contributed by atoms with E-state index in [0.29, 0.717) is 0 Å². The Hall–Kier alpha value is -2.35. The Kier molecular flexibility index (Phi) is 6.19. The molecule has 0 fully saturated rings. The van der Waals surface area contributed by atoms with Crippen LogP contribution in [0.2, 0.25) is 0 Å². The third-order valence-electron chi connectivity index (χ3n) is 3.65. The van der Waals surface area contributed by atoms with Crippen LogP contribution in [0, 0.1) is 0 Å². The van der Waals surface area contributed by atoms with E-state index in [0.717, 1.165) is 22.2 Å². The smallest absolute Gasteiger partial charge is 0.325 e. The van der Waals surface area contributed by atoms with Gasteiger partial charge in [-0.25, -0.2) is 4.98 Å². The van der Waals surface area contributed by atoms with Gasteiger partial charge in [-0.15, -0.1) is 0 Å². The van der Waals surface area contributed by atoms with Crippen molar-refractivity contribution in [2.75, 3.05) is 18.9 Å². The summed E-state index contributed by atoms with van der Waals surface area (Å²) in [6.45, 7) is 1.10. The van der Waals surface area contributed by atoms with Crippen LogP contribution in [0.5, 0.6) is 0 Å². The van der Waals surface area contributed by atoms with Crippen LogP contribution in [-0.4, -0.2) is 40.1 Å². The quantitative estimate of drug-likeness (QED) is 0.831. The van der Waals surface area contributed by atoms with Gasteiger partial charge in [0.2, 0.25) is 5.91 Å². The topological polar surface area (TPSA) is 50.2 Å². The van der Waals surface area contributed by atoms with Gasteiger partial charge in [-0.3, -0.25) is 9.69 Å². The van der Waals surface area contributed by atoms with Crippen molar-refractivity contribution in [1.29, 1.82) is 0 Å². The second kappa shape index (κ2) is 8.15. The third-order valence-corrected chi connectivity index (χ3v) is 3.65. The number of carbonyl (C=O) groups is 1. The van der Waals surface area contributed by atoms with Crippen molar-refractivity contribution < 1.29 is 18.0 Å². The molecule has 1 heterocycles. The van der Waals surface area contributed by atoms with Gasteiger partial charge in [-0.05, 0) is 25.1 Å². The minimum absolute atomic E-state index is 0.0525. The Morgan fingerprint density at radius 3 is 2.72 bits per heavy atom. The highest BCUT2D eigenvalue weighted by Crippen LogP contribution is 2.19. The second-order valence-electron chi connectivity index (χ2n) is 5.82. The summed E-state index contributed by atoms with van der Waals surface area (Å²) in [5.41, 5.74) is 1.78. The molecule has 1 aromatic carbocycles. The first kappa shape index (κ1) is 19.0. The number of aromatic nitrogens is 2. The Bertz CT molecular complexity index is 712. The first-order valence-electron chi connectivity index (χ1n) is 7.91. The number of rotatable bonds is 7. The summed E-state index contributed by atoms with van der Waals surface area (Å²) in [5, 5.41) is 2.84. The molecule has 0 unspecified atom stereocenters. The molecule has 0 saturated carbocycles. The summed E-state index contributed by atoms with van der Waals surface area (Å²) in [5.74, 6) is 0.0407. The molecule has 5 nitrogen and oxygen atoms in total. The predicted molar refractivity (Wildman–Crippen MR) is 89.1 cm³/mol. The first-order chi connectivity index (χ1) is 11.8. The molecular formula is C17H21F3N4O. The molecule has 0 radical (unpaired) electrons. The summed E-state index contributed by atoms with van der Waals surface area (Å²) >= 11 is 0. The number of para-hydroxylation sites is 1. The number of hydrogen-bond acceptors (Lipinski definition) is 3. The minimum atomic E-state index is -4.31. The molecule has 2 aromatic rings. The maximum Gasteiger partial charge on any atom is 0.406 e. The Balaban J connectivity index is 1.93. The zero-order valence-corrected chi connectivity index (χ0v) is 14.2. The van der Waals surface area contributed by atoms with Gasteiger partial charge in [0.25, 0.3) is 0 Å². The van der Waals surface area contributed by atoms with Crippen LogP contribution < -0.4 is 5.32 Å². The number of alkyl halides is 3. The second-order valence-corrected chi connectivity index (χ2v) is 5.82. The highest BCUT2D eigenvalue weighted by Gasteiger charge is 2.29. The minimum Gasteiger partial charge on any atom is -0.325 e. The number of benzene rings is 1. The van der Waals surface area contributed by atoms with Crippen molar-refractivity contribution in [1.82, 2.24) is 14.5 Å². The van der Waals surface area contributed by atoms with Gasteiger partial charge in [-0.1, -0.05) is 25.1 Å². The van der Waals surface area contributed by atoms with Gasteiger partial charge in [0.1, 0.15) is 12.4 Å². The lowest BCUT2D eigenvalue weighted by atomic mass is 10.1. The van der Waals surface area contributed by atoms with Crippen molar-refractivity contribution in [2.24, 2.45) is 0 Å². The van der Waals surface area contributed by atoms with Crippen LogP contribution in [0.3, 0.4) is 0 Å². The van der Waals surface area contributed by atoms with Gasteiger partial charge >= 0.3 is 6.18 Å². The lowest BCUT2D eigenvalue weighted by Crippen LogP contribution is -2.31. The average molecular weight is 354 g/mol. The highest BCUT2D eigenvalue weighted by molar-refractivity contribution is 5.92. The number of likely N-dealkylation sites (N-methyl/N-ethyl adjacent to an activating group) is 1. The van der Waals surface area contributed by atoms with E-state index in [1.165, 1.54) is 12.4 Å². The number of nitrogens with one attached hydrogen (secondary N) is 1. The van der Waals surface area contributed by atoms with E-state index in [-0.39, 0.29) is 24.8 Å². The van der Waals surface area contributed by atoms with E-state index in [1.54, 1.807) is 11.9 Å². The van der Waals surface area contributed by atoms with Crippen molar-refractivity contribution in [3.8, 4) is 0 Å². The molecule has 1 aromatic heterocycles. The summed E-state index contributed by atoms with van der Waals surface area (Å²) in [6, 6.07) is 7.51. The van der Waals surface area contributed by atoms with Gasteiger partial charge in [0.05, 0.1) is 13.1 Å². The molecule has 0 aliphatic rings. The van der Waals surface area contributed by atoms with E-state index < -0.39 is 12.7 Å². The maximum atomic E-state index is 12.5. The van der Waals surface area contributed by atoms with Crippen molar-refractivity contribution in [2.45, 2.75) is 32.6 Å². The molecule has 0 bridgehead atoms. The van der Waals surface area contributed by atoms with Crippen LogP contribution in [0.25, 0.3) is 0 Å². The fourth-order valence-electron chi connectivity index (χ4n) is 2.51. The standard InChI is InChI=1S/C17H21F3N4O/c1-3-13-6-4-5-7-14(13)22-16(25)11-23(2)10-15-21-8-9-24(15)12-17(18,19)20/h4-9H,3,10-12H2,1-2H3,(H,22,25). The monoisotopic (exact) mass is 354 g/mol. The van der Waals surface area contributed by atoms with Crippen LogP contribution in [0.1, 0.15) is 18.3 Å². The van der Waals surface area contributed by atoms with E-state index >= 15 is 0 Å². The lowest BCUT2D eigenvalue weighted by molar-refractivity contribution is -0.141. The number of carbonyl (C=O) groups excluding carboxylic acids is 1. The summed E-state index contributed by atoms with van der Waals surface area (Å²) in [6.07, 6.45) is -0.906. The zero-order chi connectivity index (χ0) is 18.4. The molecular weight excluding hydrogens is 333 g/mol. The van der Waals surface area contributed by atoms with E-state index in [2.05, 4.69) is 10.3 Å². The molecule has 25 heavy (non-hydrogen) atoms. The lowest BCUT2D eigenvalue weighted by Gasteiger charge is -2.18. The Morgan fingerprint density at radius 1 is 1.32 bits per heavy atom. The summed E-state index contributed by atoms with van der Waals surface area (Å²) in [7, 11) is 1.66. The Labute approximate surface area is 144 Å². The Morgan fingerprint density at radius 2 is 2.04 bits per heavy atom. The number of nitrogens with zero attached hydrogens (tertiary/aromatic N) is 3. The summed E-state index contributed by atoms with van der Waals surface area (Å²) < 4.78 is 38.6. The van der Waals surface area contributed by atoms with Crippen molar-refractivity contribution in [3.63, 3.8) is 0 Å². The maximum absolute atomic E-state index is 12.5. The van der Waals surface area contributed by atoms with Gasteiger partial charge in [-0.2, -0.15) is 13.2 Å². The number of aryl methyl sites for hydroxylation is 1. The molecule has 0 spiro atoms. The van der Waals surface area contributed by atoms with Gasteiger partial charge in [0, 0.05) is 18.1 Å². The van der Waals surface area contributed by atoms with E-state index in [1.807, 2.05) is 31.2 Å². The zero-order valence-electron chi connectivity index (χ0n) is 14.2.